The van der Waals surface area contributed by atoms with E-state index in [1.54, 1.807) is 0 Å². The molecule has 0 aliphatic heterocycles. The molecule has 1 aromatic rings. The first kappa shape index (κ1) is 14.1. The Morgan fingerprint density at radius 2 is 1.90 bits per heavy atom. The van der Waals surface area contributed by atoms with Crippen molar-refractivity contribution in [1.82, 2.24) is 5.32 Å². The van der Waals surface area contributed by atoms with E-state index in [9.17, 15) is 0 Å². The van der Waals surface area contributed by atoms with Crippen molar-refractivity contribution in [3.8, 4) is 0 Å². The smallest absolute Gasteiger partial charge is 0.0128 e. The van der Waals surface area contributed by atoms with Crippen molar-refractivity contribution in [1.29, 1.82) is 0 Å². The van der Waals surface area contributed by atoms with E-state index in [4.69, 9.17) is 0 Å². The van der Waals surface area contributed by atoms with Crippen LogP contribution in [0, 0.1) is 17.8 Å². The van der Waals surface area contributed by atoms with Crippen LogP contribution in [0.25, 0.3) is 0 Å². The molecule has 1 nitrogen and oxygen atoms in total. The normalized spacial score (nSPS) is 29.0. The summed E-state index contributed by atoms with van der Waals surface area (Å²) in [5.74, 6) is 3.07. The molecule has 20 heavy (non-hydrogen) atoms. The highest BCUT2D eigenvalue weighted by atomic mass is 15.0. The Balaban J connectivity index is 1.44. The van der Waals surface area contributed by atoms with Crippen molar-refractivity contribution in [3.05, 3.63) is 35.9 Å². The number of fused-ring (bicyclic) bond motifs is 2. The molecule has 3 atom stereocenters. The third-order valence-electron chi connectivity index (χ3n) is 5.61. The van der Waals surface area contributed by atoms with E-state index in [-0.39, 0.29) is 5.54 Å². The zero-order valence-electron chi connectivity index (χ0n) is 13.1. The first-order valence-corrected chi connectivity index (χ1v) is 8.41. The number of hydrogen-bond donors (Lipinski definition) is 1. The maximum Gasteiger partial charge on any atom is 0.0128 e. The van der Waals surface area contributed by atoms with Crippen LogP contribution >= 0.6 is 0 Å². The summed E-state index contributed by atoms with van der Waals surface area (Å²) < 4.78 is 0. The molecule has 2 aliphatic rings. The molecule has 0 saturated heterocycles. The largest absolute Gasteiger partial charge is 0.311 e. The molecule has 0 spiro atoms. The van der Waals surface area contributed by atoms with Gasteiger partial charge in [0.15, 0.2) is 0 Å². The maximum atomic E-state index is 3.86. The SMILES string of the molecule is CC(C)(CCc1ccccc1)NCC1CC2CCC1C2. The standard InChI is InChI=1S/C19H29N/c1-19(2,11-10-15-6-4-3-5-7-15)20-14-18-13-16-8-9-17(18)12-16/h3-7,16-18,20H,8-14H2,1-2H3. The fourth-order valence-electron chi connectivity index (χ4n) is 4.22. The molecule has 0 aromatic heterocycles. The number of hydrogen-bond acceptors (Lipinski definition) is 1. The van der Waals surface area contributed by atoms with Gasteiger partial charge >= 0.3 is 0 Å². The molecule has 2 fully saturated rings. The zero-order chi connectivity index (χ0) is 14.0. The second-order valence-electron chi connectivity index (χ2n) is 7.69. The van der Waals surface area contributed by atoms with E-state index >= 15 is 0 Å². The fourth-order valence-corrected chi connectivity index (χ4v) is 4.22. The van der Waals surface area contributed by atoms with E-state index in [0.717, 1.165) is 17.8 Å². The highest BCUT2D eigenvalue weighted by Crippen LogP contribution is 2.48. The summed E-state index contributed by atoms with van der Waals surface area (Å²) in [6, 6.07) is 10.9. The van der Waals surface area contributed by atoms with Gasteiger partial charge in [-0.25, -0.2) is 0 Å². The molecule has 0 radical (unpaired) electrons. The van der Waals surface area contributed by atoms with Gasteiger partial charge in [0, 0.05) is 5.54 Å². The average Bonchev–Trinajstić information content (AvgIpc) is 3.07. The van der Waals surface area contributed by atoms with Gasteiger partial charge in [0.1, 0.15) is 0 Å². The highest BCUT2D eigenvalue weighted by molar-refractivity contribution is 5.15. The van der Waals surface area contributed by atoms with E-state index in [2.05, 4.69) is 49.5 Å². The van der Waals surface area contributed by atoms with Crippen LogP contribution in [0.15, 0.2) is 30.3 Å². The molecule has 110 valence electrons. The first-order chi connectivity index (χ1) is 9.62. The molecule has 2 aliphatic carbocycles. The van der Waals surface area contributed by atoms with E-state index < -0.39 is 0 Å². The van der Waals surface area contributed by atoms with E-state index in [0.29, 0.717) is 0 Å². The lowest BCUT2D eigenvalue weighted by Crippen LogP contribution is -2.43. The van der Waals surface area contributed by atoms with Gasteiger partial charge in [-0.3, -0.25) is 0 Å². The lowest BCUT2D eigenvalue weighted by atomic mass is 9.87. The molecular weight excluding hydrogens is 242 g/mol. The first-order valence-electron chi connectivity index (χ1n) is 8.41. The minimum atomic E-state index is 0.262. The molecule has 2 bridgehead atoms. The van der Waals surface area contributed by atoms with Crippen molar-refractivity contribution < 1.29 is 0 Å². The molecule has 1 N–H and O–H groups in total. The van der Waals surface area contributed by atoms with Crippen LogP contribution in [-0.4, -0.2) is 12.1 Å². The lowest BCUT2D eigenvalue weighted by molar-refractivity contribution is 0.270. The van der Waals surface area contributed by atoms with E-state index in [1.807, 2.05) is 0 Å². The van der Waals surface area contributed by atoms with Gasteiger partial charge in [-0.05, 0) is 75.8 Å². The van der Waals surface area contributed by atoms with Crippen molar-refractivity contribution in [2.45, 2.75) is 57.9 Å². The van der Waals surface area contributed by atoms with Crippen LogP contribution in [0.5, 0.6) is 0 Å². The van der Waals surface area contributed by atoms with Crippen LogP contribution in [0.2, 0.25) is 0 Å². The Hall–Kier alpha value is -0.820. The predicted molar refractivity (Wildman–Crippen MR) is 85.8 cm³/mol. The Kier molecular flexibility index (Phi) is 4.16. The quantitative estimate of drug-likeness (QED) is 0.807. The molecule has 0 amide bonds. The monoisotopic (exact) mass is 271 g/mol. The number of benzene rings is 1. The number of nitrogens with one attached hydrogen (secondary N) is 1. The van der Waals surface area contributed by atoms with Crippen molar-refractivity contribution in [2.75, 3.05) is 6.54 Å². The van der Waals surface area contributed by atoms with Gasteiger partial charge in [0.05, 0.1) is 0 Å². The van der Waals surface area contributed by atoms with Gasteiger partial charge in [-0.15, -0.1) is 0 Å². The van der Waals surface area contributed by atoms with Gasteiger partial charge < -0.3 is 5.32 Å². The molecule has 2 saturated carbocycles. The second kappa shape index (κ2) is 5.89. The van der Waals surface area contributed by atoms with Crippen molar-refractivity contribution >= 4 is 0 Å². The summed E-state index contributed by atoms with van der Waals surface area (Å²) in [5.41, 5.74) is 1.72. The Bertz CT molecular complexity index is 423. The Morgan fingerprint density at radius 1 is 1.10 bits per heavy atom. The topological polar surface area (TPSA) is 12.0 Å². The highest BCUT2D eigenvalue weighted by Gasteiger charge is 2.39. The van der Waals surface area contributed by atoms with Gasteiger partial charge in [-0.2, -0.15) is 0 Å². The van der Waals surface area contributed by atoms with Crippen molar-refractivity contribution in [2.24, 2.45) is 17.8 Å². The predicted octanol–water partition coefficient (Wildman–Crippen LogP) is 4.42. The van der Waals surface area contributed by atoms with Crippen LogP contribution in [0.3, 0.4) is 0 Å². The van der Waals surface area contributed by atoms with Gasteiger partial charge in [-0.1, -0.05) is 36.8 Å². The third-order valence-corrected chi connectivity index (χ3v) is 5.61. The third kappa shape index (κ3) is 3.44. The van der Waals surface area contributed by atoms with Crippen LogP contribution in [0.4, 0.5) is 0 Å². The molecule has 3 unspecified atom stereocenters. The van der Waals surface area contributed by atoms with Crippen LogP contribution in [-0.2, 0) is 6.42 Å². The molecule has 1 aromatic carbocycles. The maximum absolute atomic E-state index is 3.86. The van der Waals surface area contributed by atoms with Gasteiger partial charge in [0.25, 0.3) is 0 Å². The summed E-state index contributed by atoms with van der Waals surface area (Å²) in [6.07, 6.45) is 8.43. The lowest BCUT2D eigenvalue weighted by Gasteiger charge is -2.31. The Morgan fingerprint density at radius 3 is 2.55 bits per heavy atom. The summed E-state index contributed by atoms with van der Waals surface area (Å²) in [4.78, 5) is 0. The minimum Gasteiger partial charge on any atom is -0.311 e. The minimum absolute atomic E-state index is 0.262. The summed E-state index contributed by atoms with van der Waals surface area (Å²) >= 11 is 0. The van der Waals surface area contributed by atoms with Crippen LogP contribution < -0.4 is 5.32 Å². The second-order valence-corrected chi connectivity index (χ2v) is 7.69. The molecule has 1 heteroatoms. The summed E-state index contributed by atoms with van der Waals surface area (Å²) in [7, 11) is 0. The van der Waals surface area contributed by atoms with Gasteiger partial charge in [0.2, 0.25) is 0 Å². The molecular formula is C19H29N. The van der Waals surface area contributed by atoms with Crippen LogP contribution in [0.1, 0.15) is 51.5 Å². The number of aryl methyl sites for hydroxylation is 1. The number of rotatable bonds is 6. The molecule has 0 heterocycles. The zero-order valence-corrected chi connectivity index (χ0v) is 13.1. The van der Waals surface area contributed by atoms with Crippen molar-refractivity contribution in [3.63, 3.8) is 0 Å². The summed E-state index contributed by atoms with van der Waals surface area (Å²) in [5, 5.41) is 3.86. The fraction of sp³-hybridized carbons (Fsp3) is 0.684. The molecule has 3 rings (SSSR count). The average molecular weight is 271 g/mol. The van der Waals surface area contributed by atoms with E-state index in [1.165, 1.54) is 50.6 Å². The Labute approximate surface area is 124 Å². The summed E-state index contributed by atoms with van der Waals surface area (Å²) in [6.45, 7) is 5.97.